The Morgan fingerprint density at radius 1 is 1.35 bits per heavy atom. The third kappa shape index (κ3) is 5.12. The van der Waals surface area contributed by atoms with Crippen molar-refractivity contribution in [3.8, 4) is 5.88 Å². The van der Waals surface area contributed by atoms with Crippen LogP contribution in [0.1, 0.15) is 18.0 Å². The Morgan fingerprint density at radius 2 is 2.05 bits per heavy atom. The summed E-state index contributed by atoms with van der Waals surface area (Å²) in [6.07, 6.45) is 0.938. The third-order valence-electron chi connectivity index (χ3n) is 2.80. The van der Waals surface area contributed by atoms with Crippen LogP contribution in [0, 0.1) is 0 Å². The van der Waals surface area contributed by atoms with E-state index in [9.17, 15) is 9.90 Å². The normalized spacial score (nSPS) is 12.4. The maximum absolute atomic E-state index is 10.8. The molecule has 1 heterocycles. The number of hydrogen-bond donors (Lipinski definition) is 1. The average molecular weight is 283 g/mol. The van der Waals surface area contributed by atoms with Crippen molar-refractivity contribution >= 4 is 5.97 Å². The van der Waals surface area contributed by atoms with Gasteiger partial charge in [0, 0.05) is 51.5 Å². The van der Waals surface area contributed by atoms with Crippen molar-refractivity contribution in [2.75, 3.05) is 27.9 Å². The number of hydrogen-bond acceptors (Lipinski definition) is 7. The number of nitrogens with zero attached hydrogens (tertiary/aromatic N) is 1. The summed E-state index contributed by atoms with van der Waals surface area (Å²) in [4.78, 5) is 14.9. The van der Waals surface area contributed by atoms with Crippen LogP contribution in [0.25, 0.3) is 0 Å². The molecule has 0 bridgehead atoms. The molecule has 0 spiro atoms. The molecule has 0 aliphatic carbocycles. The zero-order valence-electron chi connectivity index (χ0n) is 11.8. The summed E-state index contributed by atoms with van der Waals surface area (Å²) >= 11 is 0. The van der Waals surface area contributed by atoms with Crippen LogP contribution in [0.3, 0.4) is 0 Å². The predicted molar refractivity (Wildman–Crippen MR) is 69.0 cm³/mol. The van der Waals surface area contributed by atoms with E-state index in [1.165, 1.54) is 21.3 Å². The first-order valence-corrected chi connectivity index (χ1v) is 6.09. The first-order chi connectivity index (χ1) is 9.60. The second kappa shape index (κ2) is 8.47. The van der Waals surface area contributed by atoms with Crippen molar-refractivity contribution in [2.24, 2.45) is 0 Å². The monoisotopic (exact) mass is 283 g/mol. The minimum Gasteiger partial charge on any atom is -0.550 e. The van der Waals surface area contributed by atoms with Crippen LogP contribution in [-0.4, -0.2) is 45.1 Å². The van der Waals surface area contributed by atoms with Crippen molar-refractivity contribution in [3.05, 3.63) is 23.9 Å². The lowest BCUT2D eigenvalue weighted by molar-refractivity contribution is -0.306. The van der Waals surface area contributed by atoms with Crippen molar-refractivity contribution in [1.29, 1.82) is 0 Å². The van der Waals surface area contributed by atoms with Crippen LogP contribution >= 0.6 is 0 Å². The van der Waals surface area contributed by atoms with Gasteiger partial charge < -0.3 is 29.4 Å². The number of pyridine rings is 1. The Labute approximate surface area is 117 Å². The molecule has 0 aliphatic rings. The highest BCUT2D eigenvalue weighted by Gasteiger charge is 2.15. The zero-order chi connectivity index (χ0) is 15.0. The first-order valence-electron chi connectivity index (χ1n) is 6.09. The lowest BCUT2D eigenvalue weighted by Crippen LogP contribution is -2.36. The van der Waals surface area contributed by atoms with Gasteiger partial charge in [0.05, 0.1) is 7.11 Å². The van der Waals surface area contributed by atoms with E-state index in [2.05, 4.69) is 10.3 Å². The van der Waals surface area contributed by atoms with Crippen molar-refractivity contribution < 1.29 is 24.1 Å². The molecule has 1 aromatic rings. The van der Waals surface area contributed by atoms with Gasteiger partial charge in [-0.25, -0.2) is 4.98 Å². The van der Waals surface area contributed by atoms with Crippen molar-refractivity contribution in [3.63, 3.8) is 0 Å². The molecule has 0 amide bonds. The Kier molecular flexibility index (Phi) is 6.92. The Hall–Kier alpha value is -1.70. The van der Waals surface area contributed by atoms with Crippen LogP contribution in [0.15, 0.2) is 18.3 Å². The second-order valence-electron chi connectivity index (χ2n) is 4.07. The van der Waals surface area contributed by atoms with Gasteiger partial charge >= 0.3 is 0 Å². The van der Waals surface area contributed by atoms with Gasteiger partial charge in [0.15, 0.2) is 6.29 Å². The van der Waals surface area contributed by atoms with Crippen LogP contribution < -0.4 is 15.2 Å². The zero-order valence-corrected chi connectivity index (χ0v) is 11.8. The van der Waals surface area contributed by atoms with Crippen molar-refractivity contribution in [2.45, 2.75) is 18.8 Å². The number of carbonyl (C=O) groups excluding carboxylic acids is 1. The maximum Gasteiger partial charge on any atom is 0.212 e. The molecular formula is C13H19N2O5-. The number of ether oxygens (including phenoxy) is 3. The van der Waals surface area contributed by atoms with E-state index in [1.807, 2.05) is 0 Å². The molecule has 7 heteroatoms. The fourth-order valence-corrected chi connectivity index (χ4v) is 1.69. The molecule has 1 unspecified atom stereocenters. The molecule has 1 atom stereocenters. The molecule has 112 valence electrons. The highest BCUT2D eigenvalue weighted by Crippen LogP contribution is 2.18. The lowest BCUT2D eigenvalue weighted by Gasteiger charge is -2.22. The summed E-state index contributed by atoms with van der Waals surface area (Å²) in [7, 11) is 4.54. The number of aliphatic carboxylic acids is 1. The van der Waals surface area contributed by atoms with E-state index >= 15 is 0 Å². The van der Waals surface area contributed by atoms with E-state index in [0.717, 1.165) is 5.56 Å². The molecule has 0 aliphatic heterocycles. The maximum atomic E-state index is 10.8. The van der Waals surface area contributed by atoms with Gasteiger partial charge in [-0.05, 0) is 5.56 Å². The van der Waals surface area contributed by atoms with E-state index in [1.54, 1.807) is 18.3 Å². The quantitative estimate of drug-likeness (QED) is 0.609. The second-order valence-corrected chi connectivity index (χ2v) is 4.07. The largest absolute Gasteiger partial charge is 0.550 e. The summed E-state index contributed by atoms with van der Waals surface area (Å²) in [5, 5.41) is 13.9. The molecular weight excluding hydrogens is 264 g/mol. The fourth-order valence-electron chi connectivity index (χ4n) is 1.69. The molecule has 1 aromatic heterocycles. The van der Waals surface area contributed by atoms with Gasteiger partial charge in [0.1, 0.15) is 0 Å². The van der Waals surface area contributed by atoms with Gasteiger partial charge in [-0.2, -0.15) is 0 Å². The van der Waals surface area contributed by atoms with Gasteiger partial charge in [-0.15, -0.1) is 0 Å². The standard InChI is InChI=1S/C13H20N2O5/c1-18-11-5-4-9(7-15-11)10(6-12(16)17)14-8-13(19-2)20-3/h4-5,7,10,13-14H,6,8H2,1-3H3,(H,16,17)/p-1. The minimum absolute atomic E-state index is 0.172. The molecule has 1 N–H and O–H groups in total. The number of methoxy groups -OCH3 is 3. The van der Waals surface area contributed by atoms with E-state index in [-0.39, 0.29) is 6.42 Å². The summed E-state index contributed by atoms with van der Waals surface area (Å²) in [6.45, 7) is 0.344. The van der Waals surface area contributed by atoms with Gasteiger partial charge in [0.2, 0.25) is 5.88 Å². The lowest BCUT2D eigenvalue weighted by atomic mass is 10.1. The van der Waals surface area contributed by atoms with Gasteiger partial charge in [-0.3, -0.25) is 0 Å². The Morgan fingerprint density at radius 3 is 2.50 bits per heavy atom. The molecule has 0 fully saturated rings. The number of aromatic nitrogens is 1. The van der Waals surface area contributed by atoms with E-state index in [0.29, 0.717) is 12.4 Å². The summed E-state index contributed by atoms with van der Waals surface area (Å²) in [5.74, 6) is -0.683. The third-order valence-corrected chi connectivity index (χ3v) is 2.80. The smallest absolute Gasteiger partial charge is 0.212 e. The highest BCUT2D eigenvalue weighted by molar-refractivity contribution is 5.65. The Bertz CT molecular complexity index is 406. The molecule has 1 rings (SSSR count). The first kappa shape index (κ1) is 16.4. The Balaban J connectivity index is 2.74. The SMILES string of the molecule is COc1ccc(C(CC(=O)[O-])NCC(OC)OC)cn1. The highest BCUT2D eigenvalue weighted by atomic mass is 16.7. The van der Waals surface area contributed by atoms with Gasteiger partial charge in [0.25, 0.3) is 0 Å². The van der Waals surface area contributed by atoms with E-state index in [4.69, 9.17) is 14.2 Å². The van der Waals surface area contributed by atoms with Crippen molar-refractivity contribution in [1.82, 2.24) is 10.3 Å². The molecule has 0 saturated heterocycles. The number of carboxylic acids is 1. The molecule has 0 radical (unpaired) electrons. The minimum atomic E-state index is -1.15. The molecule has 7 nitrogen and oxygen atoms in total. The van der Waals surface area contributed by atoms with Crippen LogP contribution in [-0.2, 0) is 14.3 Å². The van der Waals surface area contributed by atoms with Crippen LogP contribution in [0.4, 0.5) is 0 Å². The topological polar surface area (TPSA) is 92.7 Å². The van der Waals surface area contributed by atoms with E-state index < -0.39 is 18.3 Å². The summed E-state index contributed by atoms with van der Waals surface area (Å²) in [6, 6.07) is 2.98. The summed E-state index contributed by atoms with van der Waals surface area (Å²) in [5.41, 5.74) is 0.723. The van der Waals surface area contributed by atoms with Gasteiger partial charge in [-0.1, -0.05) is 6.07 Å². The number of rotatable bonds is 9. The predicted octanol–water partition coefficient (Wildman–Crippen LogP) is -0.520. The van der Waals surface area contributed by atoms with Crippen LogP contribution in [0.2, 0.25) is 0 Å². The molecule has 0 aromatic carbocycles. The average Bonchev–Trinajstić information content (AvgIpc) is 2.46. The molecule has 20 heavy (non-hydrogen) atoms. The number of carbonyl (C=O) groups is 1. The fraction of sp³-hybridized carbons (Fsp3) is 0.538. The van der Waals surface area contributed by atoms with Crippen LogP contribution in [0.5, 0.6) is 5.88 Å². The number of nitrogens with one attached hydrogen (secondary N) is 1. The number of carboxylic acid groups (broad SMARTS) is 1. The molecule has 0 saturated carbocycles. The summed E-state index contributed by atoms with van der Waals surface area (Å²) < 4.78 is 15.1.